The predicted octanol–water partition coefficient (Wildman–Crippen LogP) is -0.628. The van der Waals surface area contributed by atoms with Crippen LogP contribution in [0.4, 0.5) is 0 Å². The second kappa shape index (κ2) is 3.90. The molecular formula is C5H10BrNO3. The maximum absolute atomic E-state index is 10.2. The van der Waals surface area contributed by atoms with Crippen molar-refractivity contribution >= 4 is 23.0 Å². The van der Waals surface area contributed by atoms with Crippen molar-refractivity contribution in [1.82, 2.24) is 5.32 Å². The van der Waals surface area contributed by atoms with Crippen LogP contribution in [0.1, 0.15) is 6.42 Å². The van der Waals surface area contributed by atoms with Crippen molar-refractivity contribution < 1.29 is 15.0 Å². The van der Waals surface area contributed by atoms with Gasteiger partial charge in [0.15, 0.2) is 0 Å². The lowest BCUT2D eigenvalue weighted by Gasteiger charge is -1.99. The van der Waals surface area contributed by atoms with Gasteiger partial charge in [0.1, 0.15) is 6.04 Å². The summed E-state index contributed by atoms with van der Waals surface area (Å²) < 4.78 is 0. The number of carboxylic acids is 1. The van der Waals surface area contributed by atoms with Crippen LogP contribution in [0.2, 0.25) is 0 Å². The summed E-state index contributed by atoms with van der Waals surface area (Å²) >= 11 is 0. The third-order valence-corrected chi connectivity index (χ3v) is 1.41. The Labute approximate surface area is 69.0 Å². The highest BCUT2D eigenvalue weighted by molar-refractivity contribution is 8.93. The minimum atomic E-state index is -0.883. The molecule has 1 rings (SSSR count). The molecule has 0 aromatic rings. The molecule has 4 nitrogen and oxygen atoms in total. The molecule has 0 aromatic heterocycles. The van der Waals surface area contributed by atoms with E-state index in [0.717, 1.165) is 0 Å². The van der Waals surface area contributed by atoms with E-state index in [1.54, 1.807) is 0 Å². The van der Waals surface area contributed by atoms with Gasteiger partial charge in [-0.25, -0.2) is 0 Å². The average Bonchev–Trinajstić information content (AvgIpc) is 2.14. The first-order valence-corrected chi connectivity index (χ1v) is 2.84. The van der Waals surface area contributed by atoms with Gasteiger partial charge in [0, 0.05) is 13.0 Å². The first-order chi connectivity index (χ1) is 4.20. The van der Waals surface area contributed by atoms with Crippen LogP contribution in [0.15, 0.2) is 0 Å². The van der Waals surface area contributed by atoms with Gasteiger partial charge in [0.2, 0.25) is 0 Å². The maximum Gasteiger partial charge on any atom is 0.320 e. The number of β-amino-alcohol motifs (C(OH)–C–C–N with tert-alkyl or cyclic N) is 1. The molecule has 1 saturated heterocycles. The summed E-state index contributed by atoms with van der Waals surface area (Å²) in [5.41, 5.74) is 0. The molecule has 0 saturated carbocycles. The number of aliphatic hydroxyl groups excluding tert-OH is 1. The summed E-state index contributed by atoms with van der Waals surface area (Å²) in [5, 5.41) is 19.8. The van der Waals surface area contributed by atoms with Gasteiger partial charge >= 0.3 is 5.97 Å². The molecule has 0 aliphatic carbocycles. The Hall–Kier alpha value is -0.130. The van der Waals surface area contributed by atoms with E-state index in [1.165, 1.54) is 0 Å². The average molecular weight is 212 g/mol. The number of carboxylic acid groups (broad SMARTS) is 1. The molecule has 1 aliphatic rings. The number of nitrogens with one attached hydrogen (secondary N) is 1. The van der Waals surface area contributed by atoms with E-state index in [1.807, 2.05) is 0 Å². The zero-order valence-electron chi connectivity index (χ0n) is 5.28. The van der Waals surface area contributed by atoms with Crippen molar-refractivity contribution in [3.05, 3.63) is 0 Å². The molecule has 0 amide bonds. The Morgan fingerprint density at radius 3 is 2.40 bits per heavy atom. The van der Waals surface area contributed by atoms with Crippen LogP contribution in [0.25, 0.3) is 0 Å². The first kappa shape index (κ1) is 9.87. The molecule has 10 heavy (non-hydrogen) atoms. The molecule has 1 heterocycles. The summed E-state index contributed by atoms with van der Waals surface area (Å²) in [6.07, 6.45) is -0.152. The van der Waals surface area contributed by atoms with Crippen molar-refractivity contribution in [2.24, 2.45) is 0 Å². The lowest BCUT2D eigenvalue weighted by Crippen LogP contribution is -2.29. The van der Waals surface area contributed by atoms with Gasteiger partial charge < -0.3 is 15.5 Å². The Morgan fingerprint density at radius 2 is 2.20 bits per heavy atom. The van der Waals surface area contributed by atoms with Crippen LogP contribution < -0.4 is 5.32 Å². The normalized spacial score (nSPS) is 31.3. The molecule has 0 radical (unpaired) electrons. The minimum absolute atomic E-state index is 0. The smallest absolute Gasteiger partial charge is 0.320 e. The van der Waals surface area contributed by atoms with Crippen LogP contribution in [0, 0.1) is 0 Å². The molecular weight excluding hydrogens is 202 g/mol. The standard InChI is InChI=1S/C5H9NO3.BrH/c7-3-1-4(5(8)9)6-2-3;/h3-4,6-7H,1-2H2,(H,8,9);1H/t3-,4+;/m1./s1. The predicted molar refractivity (Wildman–Crippen MR) is 40.4 cm³/mol. The number of carbonyl (C=O) groups is 1. The topological polar surface area (TPSA) is 69.6 Å². The van der Waals surface area contributed by atoms with Crippen molar-refractivity contribution in [2.45, 2.75) is 18.6 Å². The van der Waals surface area contributed by atoms with Crippen LogP contribution in [0.3, 0.4) is 0 Å². The van der Waals surface area contributed by atoms with Crippen molar-refractivity contribution in [3.63, 3.8) is 0 Å². The molecule has 0 aromatic carbocycles. The lowest BCUT2D eigenvalue weighted by atomic mass is 10.2. The van der Waals surface area contributed by atoms with Gasteiger partial charge in [-0.15, -0.1) is 17.0 Å². The lowest BCUT2D eigenvalue weighted by molar-refractivity contribution is -0.139. The molecule has 5 heteroatoms. The third kappa shape index (κ3) is 2.24. The molecule has 60 valence electrons. The fourth-order valence-corrected chi connectivity index (χ4v) is 0.905. The van der Waals surface area contributed by atoms with Crippen LogP contribution in [-0.2, 0) is 4.79 Å². The van der Waals surface area contributed by atoms with Crippen molar-refractivity contribution in [3.8, 4) is 0 Å². The van der Waals surface area contributed by atoms with Gasteiger partial charge in [-0.3, -0.25) is 4.79 Å². The third-order valence-electron chi connectivity index (χ3n) is 1.41. The monoisotopic (exact) mass is 211 g/mol. The quantitative estimate of drug-likeness (QED) is 0.541. The van der Waals surface area contributed by atoms with E-state index in [2.05, 4.69) is 5.32 Å². The zero-order valence-corrected chi connectivity index (χ0v) is 6.99. The van der Waals surface area contributed by atoms with Crippen molar-refractivity contribution in [2.75, 3.05) is 6.54 Å². The SMILES string of the molecule is Br.O=C(O)[C@@H]1C[C@@H](O)CN1. The number of hydrogen-bond donors (Lipinski definition) is 3. The second-order valence-electron chi connectivity index (χ2n) is 2.19. The molecule has 1 aliphatic heterocycles. The maximum atomic E-state index is 10.2. The first-order valence-electron chi connectivity index (χ1n) is 2.84. The fourth-order valence-electron chi connectivity index (χ4n) is 0.905. The summed E-state index contributed by atoms with van der Waals surface area (Å²) in [6.45, 7) is 0.400. The van der Waals surface area contributed by atoms with Gasteiger partial charge in [-0.1, -0.05) is 0 Å². The molecule has 0 unspecified atom stereocenters. The number of rotatable bonds is 1. The second-order valence-corrected chi connectivity index (χ2v) is 2.19. The van der Waals surface area contributed by atoms with Crippen molar-refractivity contribution in [1.29, 1.82) is 0 Å². The van der Waals surface area contributed by atoms with Gasteiger partial charge in [-0.05, 0) is 0 Å². The van der Waals surface area contributed by atoms with Crippen LogP contribution in [-0.4, -0.2) is 34.9 Å². The highest BCUT2D eigenvalue weighted by Gasteiger charge is 2.27. The minimum Gasteiger partial charge on any atom is -0.480 e. The number of hydrogen-bond acceptors (Lipinski definition) is 3. The Balaban J connectivity index is 0.000000810. The summed E-state index contributed by atoms with van der Waals surface area (Å²) in [7, 11) is 0. The van der Waals surface area contributed by atoms with E-state index in [0.29, 0.717) is 13.0 Å². The van der Waals surface area contributed by atoms with E-state index < -0.39 is 18.1 Å². The van der Waals surface area contributed by atoms with Gasteiger partial charge in [-0.2, -0.15) is 0 Å². The highest BCUT2D eigenvalue weighted by atomic mass is 79.9. The summed E-state index contributed by atoms with van der Waals surface area (Å²) in [6, 6.07) is -0.542. The zero-order chi connectivity index (χ0) is 6.85. The Kier molecular flexibility index (Phi) is 3.85. The molecule has 2 atom stereocenters. The van der Waals surface area contributed by atoms with E-state index in [-0.39, 0.29) is 17.0 Å². The highest BCUT2D eigenvalue weighted by Crippen LogP contribution is 2.05. The molecule has 3 N–H and O–H groups in total. The largest absolute Gasteiger partial charge is 0.480 e. The summed E-state index contributed by atoms with van der Waals surface area (Å²) in [4.78, 5) is 10.2. The summed E-state index contributed by atoms with van der Waals surface area (Å²) in [5.74, 6) is -0.883. The van der Waals surface area contributed by atoms with E-state index >= 15 is 0 Å². The number of halogens is 1. The number of aliphatic hydroxyl groups is 1. The molecule has 1 fully saturated rings. The molecule has 0 spiro atoms. The number of aliphatic carboxylic acids is 1. The van der Waals surface area contributed by atoms with Crippen LogP contribution >= 0.6 is 17.0 Å². The Bertz CT molecular complexity index is 130. The Morgan fingerprint density at radius 1 is 1.60 bits per heavy atom. The van der Waals surface area contributed by atoms with Gasteiger partial charge in [0.25, 0.3) is 0 Å². The fraction of sp³-hybridized carbons (Fsp3) is 0.800. The van der Waals surface area contributed by atoms with E-state index in [9.17, 15) is 4.79 Å². The van der Waals surface area contributed by atoms with Crippen LogP contribution in [0.5, 0.6) is 0 Å². The van der Waals surface area contributed by atoms with E-state index in [4.69, 9.17) is 10.2 Å². The van der Waals surface area contributed by atoms with Gasteiger partial charge in [0.05, 0.1) is 6.10 Å². The molecule has 0 bridgehead atoms.